The predicted octanol–water partition coefficient (Wildman–Crippen LogP) is 4.66. The molecule has 3 heteroatoms. The van der Waals surface area contributed by atoms with Crippen LogP contribution in [0.4, 0.5) is 0 Å². The summed E-state index contributed by atoms with van der Waals surface area (Å²) in [4.78, 5) is 2.63. The van der Waals surface area contributed by atoms with E-state index in [1.165, 1.54) is 16.2 Å². The Morgan fingerprint density at radius 1 is 1.27 bits per heavy atom. The Morgan fingerprint density at radius 2 is 2.20 bits per heavy atom. The van der Waals surface area contributed by atoms with Crippen LogP contribution in [0.3, 0.4) is 0 Å². The SMILES string of the molecule is CCCCOc1csc(-c2cccs2)c1. The molecule has 80 valence electrons. The number of ether oxygens (including phenoxy) is 1. The zero-order valence-corrected chi connectivity index (χ0v) is 10.4. The van der Waals surface area contributed by atoms with Gasteiger partial charge in [0, 0.05) is 15.1 Å². The van der Waals surface area contributed by atoms with Gasteiger partial charge < -0.3 is 4.74 Å². The minimum atomic E-state index is 0.830. The molecule has 0 aliphatic carbocycles. The molecule has 2 aromatic rings. The second-order valence-electron chi connectivity index (χ2n) is 3.33. The Morgan fingerprint density at radius 3 is 2.93 bits per heavy atom. The van der Waals surface area contributed by atoms with E-state index in [4.69, 9.17) is 4.74 Å². The molecular formula is C12H14OS2. The highest BCUT2D eigenvalue weighted by molar-refractivity contribution is 7.20. The molecule has 0 saturated heterocycles. The zero-order valence-electron chi connectivity index (χ0n) is 8.73. The van der Waals surface area contributed by atoms with Crippen molar-refractivity contribution in [2.24, 2.45) is 0 Å². The summed E-state index contributed by atoms with van der Waals surface area (Å²) < 4.78 is 5.64. The molecule has 0 aromatic carbocycles. The van der Waals surface area contributed by atoms with Crippen molar-refractivity contribution in [1.82, 2.24) is 0 Å². The van der Waals surface area contributed by atoms with E-state index in [0.717, 1.165) is 18.8 Å². The van der Waals surface area contributed by atoms with E-state index in [9.17, 15) is 0 Å². The van der Waals surface area contributed by atoms with Crippen LogP contribution in [-0.4, -0.2) is 6.61 Å². The molecule has 15 heavy (non-hydrogen) atoms. The first-order valence-corrected chi connectivity index (χ1v) is 6.91. The van der Waals surface area contributed by atoms with Crippen LogP contribution in [0.5, 0.6) is 5.75 Å². The summed E-state index contributed by atoms with van der Waals surface area (Å²) in [6, 6.07) is 6.36. The van der Waals surface area contributed by atoms with Crippen LogP contribution >= 0.6 is 22.7 Å². The Balaban J connectivity index is 1.98. The van der Waals surface area contributed by atoms with E-state index in [1.54, 1.807) is 22.7 Å². The summed E-state index contributed by atoms with van der Waals surface area (Å²) in [5, 5.41) is 4.19. The lowest BCUT2D eigenvalue weighted by Gasteiger charge is -2.00. The van der Waals surface area contributed by atoms with Crippen molar-refractivity contribution < 1.29 is 4.74 Å². The fraction of sp³-hybridized carbons (Fsp3) is 0.333. The highest BCUT2D eigenvalue weighted by Gasteiger charge is 2.03. The minimum absolute atomic E-state index is 0.830. The van der Waals surface area contributed by atoms with E-state index < -0.39 is 0 Å². The van der Waals surface area contributed by atoms with Crippen molar-refractivity contribution in [2.45, 2.75) is 19.8 Å². The predicted molar refractivity (Wildman–Crippen MR) is 68.0 cm³/mol. The molecule has 2 heterocycles. The van der Waals surface area contributed by atoms with E-state index >= 15 is 0 Å². The van der Waals surface area contributed by atoms with Gasteiger partial charge in [-0.1, -0.05) is 19.4 Å². The van der Waals surface area contributed by atoms with Crippen molar-refractivity contribution >= 4 is 22.7 Å². The summed E-state index contributed by atoms with van der Waals surface area (Å²) >= 11 is 3.52. The maximum atomic E-state index is 5.64. The average molecular weight is 238 g/mol. The van der Waals surface area contributed by atoms with Gasteiger partial charge in [-0.15, -0.1) is 22.7 Å². The van der Waals surface area contributed by atoms with Gasteiger partial charge in [0.1, 0.15) is 5.75 Å². The summed E-state index contributed by atoms with van der Waals surface area (Å²) in [5.74, 6) is 1.01. The van der Waals surface area contributed by atoms with Gasteiger partial charge in [-0.3, -0.25) is 0 Å². The lowest BCUT2D eigenvalue weighted by Crippen LogP contribution is -1.94. The highest BCUT2D eigenvalue weighted by atomic mass is 32.1. The van der Waals surface area contributed by atoms with Crippen LogP contribution < -0.4 is 4.74 Å². The maximum absolute atomic E-state index is 5.64. The Kier molecular flexibility index (Phi) is 3.80. The molecular weight excluding hydrogens is 224 g/mol. The third-order valence-electron chi connectivity index (χ3n) is 2.11. The molecule has 0 aliphatic heterocycles. The molecule has 0 bridgehead atoms. The molecule has 2 aromatic heterocycles. The maximum Gasteiger partial charge on any atom is 0.130 e. The summed E-state index contributed by atoms with van der Waals surface area (Å²) in [6.45, 7) is 3.01. The summed E-state index contributed by atoms with van der Waals surface area (Å²) in [6.07, 6.45) is 2.31. The molecule has 0 radical (unpaired) electrons. The number of rotatable bonds is 5. The van der Waals surface area contributed by atoms with Crippen LogP contribution in [0, 0.1) is 0 Å². The minimum Gasteiger partial charge on any atom is -0.493 e. The third-order valence-corrected chi connectivity index (χ3v) is 4.08. The molecule has 2 rings (SSSR count). The van der Waals surface area contributed by atoms with E-state index in [0.29, 0.717) is 0 Å². The van der Waals surface area contributed by atoms with Gasteiger partial charge in [-0.2, -0.15) is 0 Å². The van der Waals surface area contributed by atoms with Crippen LogP contribution in [0.2, 0.25) is 0 Å². The van der Waals surface area contributed by atoms with E-state index in [1.807, 2.05) is 0 Å². The van der Waals surface area contributed by atoms with E-state index in [2.05, 4.69) is 35.9 Å². The summed E-state index contributed by atoms with van der Waals surface area (Å²) in [7, 11) is 0. The Hall–Kier alpha value is -0.800. The first-order chi connectivity index (χ1) is 7.40. The van der Waals surface area contributed by atoms with Crippen molar-refractivity contribution in [3.63, 3.8) is 0 Å². The van der Waals surface area contributed by atoms with Crippen molar-refractivity contribution in [3.8, 4) is 15.5 Å². The van der Waals surface area contributed by atoms with E-state index in [-0.39, 0.29) is 0 Å². The highest BCUT2D eigenvalue weighted by Crippen LogP contribution is 2.33. The second-order valence-corrected chi connectivity index (χ2v) is 5.18. The fourth-order valence-electron chi connectivity index (χ4n) is 1.28. The first kappa shape index (κ1) is 10.7. The van der Waals surface area contributed by atoms with Crippen LogP contribution in [-0.2, 0) is 0 Å². The molecule has 0 saturated carbocycles. The third kappa shape index (κ3) is 2.83. The monoisotopic (exact) mass is 238 g/mol. The number of hydrogen-bond donors (Lipinski definition) is 0. The molecule has 0 fully saturated rings. The van der Waals surface area contributed by atoms with Gasteiger partial charge >= 0.3 is 0 Å². The Bertz CT molecular complexity index is 389. The van der Waals surface area contributed by atoms with Gasteiger partial charge in [0.05, 0.1) is 6.61 Å². The molecule has 0 unspecified atom stereocenters. The molecule has 0 amide bonds. The average Bonchev–Trinajstić information content (AvgIpc) is 2.87. The number of unbranched alkanes of at least 4 members (excludes halogenated alkanes) is 1. The lowest BCUT2D eigenvalue weighted by molar-refractivity contribution is 0.311. The number of thiophene rings is 2. The van der Waals surface area contributed by atoms with Crippen LogP contribution in [0.25, 0.3) is 9.75 Å². The first-order valence-electron chi connectivity index (χ1n) is 5.15. The molecule has 0 spiro atoms. The van der Waals surface area contributed by atoms with Gasteiger partial charge in [0.25, 0.3) is 0 Å². The van der Waals surface area contributed by atoms with Gasteiger partial charge in [0.15, 0.2) is 0 Å². The topological polar surface area (TPSA) is 9.23 Å². The van der Waals surface area contributed by atoms with Crippen molar-refractivity contribution in [2.75, 3.05) is 6.61 Å². The van der Waals surface area contributed by atoms with Crippen LogP contribution in [0.1, 0.15) is 19.8 Å². The largest absolute Gasteiger partial charge is 0.493 e. The normalized spacial score (nSPS) is 10.5. The van der Waals surface area contributed by atoms with Gasteiger partial charge in [-0.05, 0) is 23.9 Å². The van der Waals surface area contributed by atoms with Gasteiger partial charge in [0.2, 0.25) is 0 Å². The number of hydrogen-bond acceptors (Lipinski definition) is 3. The second kappa shape index (κ2) is 5.33. The molecule has 0 aliphatic rings. The molecule has 0 atom stereocenters. The summed E-state index contributed by atoms with van der Waals surface area (Å²) in [5.41, 5.74) is 0. The smallest absolute Gasteiger partial charge is 0.130 e. The quantitative estimate of drug-likeness (QED) is 0.689. The standard InChI is InChI=1S/C12H14OS2/c1-2-3-6-13-10-8-12(15-9-10)11-5-4-7-14-11/h4-5,7-9H,2-3,6H2,1H3. The Labute approximate surface area is 98.3 Å². The van der Waals surface area contributed by atoms with Crippen molar-refractivity contribution in [3.05, 3.63) is 29.0 Å². The molecule has 0 N–H and O–H groups in total. The van der Waals surface area contributed by atoms with Crippen LogP contribution in [0.15, 0.2) is 29.0 Å². The molecule has 1 nitrogen and oxygen atoms in total. The lowest BCUT2D eigenvalue weighted by atomic mass is 10.3. The van der Waals surface area contributed by atoms with Crippen molar-refractivity contribution in [1.29, 1.82) is 0 Å². The zero-order chi connectivity index (χ0) is 10.5. The fourth-order valence-corrected chi connectivity index (χ4v) is 2.95. The van der Waals surface area contributed by atoms with Gasteiger partial charge in [-0.25, -0.2) is 0 Å².